The summed E-state index contributed by atoms with van der Waals surface area (Å²) in [5.41, 5.74) is 5.64. The highest BCUT2D eigenvalue weighted by molar-refractivity contribution is 5.55. The molecule has 0 unspecified atom stereocenters. The van der Waals surface area contributed by atoms with E-state index in [9.17, 15) is 5.26 Å². The van der Waals surface area contributed by atoms with Gasteiger partial charge in [0, 0.05) is 24.7 Å². The van der Waals surface area contributed by atoms with E-state index in [4.69, 9.17) is 14.2 Å². The van der Waals surface area contributed by atoms with Gasteiger partial charge >= 0.3 is 0 Å². The van der Waals surface area contributed by atoms with Gasteiger partial charge in [-0.05, 0) is 47.7 Å². The van der Waals surface area contributed by atoms with Crippen LogP contribution in [0.3, 0.4) is 0 Å². The molecule has 2 aliphatic heterocycles. The zero-order chi connectivity index (χ0) is 18.3. The Hall–Kier alpha value is -2.71. The Morgan fingerprint density at radius 1 is 1.04 bits per heavy atom. The molecule has 26 heavy (non-hydrogen) atoms. The SMILES string of the molecule is COc1cc2c(cc1OC)[C@@H]1Cc3ccc(C#N)c(OC)c3CN1CC2. The van der Waals surface area contributed by atoms with Crippen molar-refractivity contribution in [3.05, 3.63) is 52.1 Å². The van der Waals surface area contributed by atoms with Crippen LogP contribution in [0.15, 0.2) is 24.3 Å². The fourth-order valence-electron chi connectivity index (χ4n) is 4.27. The summed E-state index contributed by atoms with van der Waals surface area (Å²) in [6.07, 6.45) is 1.88. The topological polar surface area (TPSA) is 54.7 Å². The highest BCUT2D eigenvalue weighted by atomic mass is 16.5. The van der Waals surface area contributed by atoms with Crippen LogP contribution in [0.1, 0.15) is 33.9 Å². The third-order valence-electron chi connectivity index (χ3n) is 5.57. The Balaban J connectivity index is 1.78. The smallest absolute Gasteiger partial charge is 0.161 e. The molecule has 0 saturated heterocycles. The van der Waals surface area contributed by atoms with Gasteiger partial charge in [0.1, 0.15) is 11.8 Å². The Morgan fingerprint density at radius 2 is 1.81 bits per heavy atom. The zero-order valence-electron chi connectivity index (χ0n) is 15.3. The van der Waals surface area contributed by atoms with Gasteiger partial charge in [-0.1, -0.05) is 6.07 Å². The number of hydrogen-bond donors (Lipinski definition) is 0. The lowest BCUT2D eigenvalue weighted by atomic mass is 9.83. The molecular formula is C21H22N2O3. The number of nitrogens with zero attached hydrogens (tertiary/aromatic N) is 2. The van der Waals surface area contributed by atoms with E-state index >= 15 is 0 Å². The van der Waals surface area contributed by atoms with Crippen molar-refractivity contribution in [1.29, 1.82) is 5.26 Å². The van der Waals surface area contributed by atoms with Crippen molar-refractivity contribution in [2.45, 2.75) is 25.4 Å². The molecule has 0 aliphatic carbocycles. The van der Waals surface area contributed by atoms with Crippen LogP contribution in [0.2, 0.25) is 0 Å². The minimum Gasteiger partial charge on any atom is -0.495 e. The monoisotopic (exact) mass is 350 g/mol. The van der Waals surface area contributed by atoms with Crippen molar-refractivity contribution < 1.29 is 14.2 Å². The molecule has 4 rings (SSSR count). The lowest BCUT2D eigenvalue weighted by Gasteiger charge is -2.42. The molecular weight excluding hydrogens is 328 g/mol. The number of methoxy groups -OCH3 is 3. The first kappa shape index (κ1) is 16.7. The summed E-state index contributed by atoms with van der Waals surface area (Å²) in [6.45, 7) is 1.78. The predicted octanol–water partition coefficient (Wildman–Crippen LogP) is 3.24. The average molecular weight is 350 g/mol. The van der Waals surface area contributed by atoms with Gasteiger partial charge in [-0.2, -0.15) is 5.26 Å². The quantitative estimate of drug-likeness (QED) is 0.851. The molecule has 2 aliphatic rings. The van der Waals surface area contributed by atoms with Crippen LogP contribution >= 0.6 is 0 Å². The molecule has 5 heteroatoms. The minimum absolute atomic E-state index is 0.309. The molecule has 2 aromatic rings. The van der Waals surface area contributed by atoms with Crippen molar-refractivity contribution in [2.75, 3.05) is 27.9 Å². The molecule has 0 fully saturated rings. The van der Waals surface area contributed by atoms with Crippen LogP contribution in [0, 0.1) is 11.3 Å². The van der Waals surface area contributed by atoms with Crippen molar-refractivity contribution in [2.24, 2.45) is 0 Å². The Morgan fingerprint density at radius 3 is 2.50 bits per heavy atom. The number of nitriles is 1. The summed E-state index contributed by atoms with van der Waals surface area (Å²) in [5.74, 6) is 2.29. The summed E-state index contributed by atoms with van der Waals surface area (Å²) < 4.78 is 16.5. The molecule has 0 saturated carbocycles. The lowest BCUT2D eigenvalue weighted by molar-refractivity contribution is 0.158. The van der Waals surface area contributed by atoms with Crippen molar-refractivity contribution in [1.82, 2.24) is 4.90 Å². The second-order valence-electron chi connectivity index (χ2n) is 6.74. The maximum atomic E-state index is 9.35. The molecule has 0 amide bonds. The summed E-state index contributed by atoms with van der Waals surface area (Å²) in [5, 5.41) is 9.35. The number of ether oxygens (including phenoxy) is 3. The second kappa shape index (κ2) is 6.54. The standard InChI is InChI=1S/C21H22N2O3/c1-24-19-9-14-6-7-23-12-17-13(4-5-15(11-22)21(17)26-3)8-18(23)16(14)10-20(19)25-2/h4-5,9-10,18H,6-8,12H2,1-3H3/t18-/m0/s1. The van der Waals surface area contributed by atoms with E-state index in [1.165, 1.54) is 16.7 Å². The molecule has 5 nitrogen and oxygen atoms in total. The molecule has 0 radical (unpaired) electrons. The van der Waals surface area contributed by atoms with E-state index in [1.54, 1.807) is 21.3 Å². The number of hydrogen-bond acceptors (Lipinski definition) is 5. The van der Waals surface area contributed by atoms with Gasteiger partial charge in [0.2, 0.25) is 0 Å². The second-order valence-corrected chi connectivity index (χ2v) is 6.74. The summed E-state index contributed by atoms with van der Waals surface area (Å²) in [7, 11) is 5.00. The minimum atomic E-state index is 0.309. The van der Waals surface area contributed by atoms with Gasteiger partial charge < -0.3 is 14.2 Å². The summed E-state index contributed by atoms with van der Waals surface area (Å²) in [4.78, 5) is 2.47. The van der Waals surface area contributed by atoms with Gasteiger partial charge in [-0.15, -0.1) is 0 Å². The van der Waals surface area contributed by atoms with Crippen molar-refractivity contribution >= 4 is 0 Å². The van der Waals surface area contributed by atoms with Gasteiger partial charge in [0.05, 0.1) is 26.9 Å². The highest BCUT2D eigenvalue weighted by Crippen LogP contribution is 2.44. The maximum Gasteiger partial charge on any atom is 0.161 e. The van der Waals surface area contributed by atoms with Gasteiger partial charge in [0.25, 0.3) is 0 Å². The highest BCUT2D eigenvalue weighted by Gasteiger charge is 2.34. The Bertz CT molecular complexity index is 901. The van der Waals surface area contributed by atoms with Crippen molar-refractivity contribution in [3.8, 4) is 23.3 Å². The molecule has 0 spiro atoms. The first-order chi connectivity index (χ1) is 12.7. The third kappa shape index (κ3) is 2.49. The molecule has 0 aromatic heterocycles. The Labute approximate surface area is 153 Å². The van der Waals surface area contributed by atoms with E-state index in [0.29, 0.717) is 11.6 Å². The fourth-order valence-corrected chi connectivity index (χ4v) is 4.27. The van der Waals surface area contributed by atoms with Crippen LogP contribution in [-0.4, -0.2) is 32.8 Å². The average Bonchev–Trinajstić information content (AvgIpc) is 2.70. The van der Waals surface area contributed by atoms with Gasteiger partial charge in [-0.25, -0.2) is 0 Å². The number of fused-ring (bicyclic) bond motifs is 4. The van der Waals surface area contributed by atoms with E-state index in [-0.39, 0.29) is 0 Å². The van der Waals surface area contributed by atoms with Crippen LogP contribution in [-0.2, 0) is 19.4 Å². The van der Waals surface area contributed by atoms with E-state index in [0.717, 1.165) is 48.7 Å². The van der Waals surface area contributed by atoms with E-state index in [1.807, 2.05) is 6.07 Å². The summed E-state index contributed by atoms with van der Waals surface area (Å²) >= 11 is 0. The molecule has 0 bridgehead atoms. The molecule has 2 aromatic carbocycles. The predicted molar refractivity (Wildman–Crippen MR) is 97.8 cm³/mol. The Kier molecular flexibility index (Phi) is 4.21. The van der Waals surface area contributed by atoms with Crippen LogP contribution < -0.4 is 14.2 Å². The zero-order valence-corrected chi connectivity index (χ0v) is 15.3. The van der Waals surface area contributed by atoms with E-state index < -0.39 is 0 Å². The van der Waals surface area contributed by atoms with Crippen LogP contribution in [0.25, 0.3) is 0 Å². The number of rotatable bonds is 3. The first-order valence-electron chi connectivity index (χ1n) is 8.77. The van der Waals surface area contributed by atoms with Crippen LogP contribution in [0.4, 0.5) is 0 Å². The maximum absolute atomic E-state index is 9.35. The molecule has 2 heterocycles. The fraction of sp³-hybridized carbons (Fsp3) is 0.381. The normalized spacial score (nSPS) is 18.2. The molecule has 0 N–H and O–H groups in total. The molecule has 134 valence electrons. The van der Waals surface area contributed by atoms with E-state index in [2.05, 4.69) is 29.2 Å². The third-order valence-corrected chi connectivity index (χ3v) is 5.57. The van der Waals surface area contributed by atoms with Crippen LogP contribution in [0.5, 0.6) is 17.2 Å². The lowest BCUT2D eigenvalue weighted by Crippen LogP contribution is -2.39. The first-order valence-corrected chi connectivity index (χ1v) is 8.77. The van der Waals surface area contributed by atoms with Crippen molar-refractivity contribution in [3.63, 3.8) is 0 Å². The number of benzene rings is 2. The van der Waals surface area contributed by atoms with Gasteiger partial charge in [0.15, 0.2) is 11.5 Å². The largest absolute Gasteiger partial charge is 0.495 e. The molecule has 1 atom stereocenters. The van der Waals surface area contributed by atoms with Gasteiger partial charge in [-0.3, -0.25) is 4.90 Å². The summed E-state index contributed by atoms with van der Waals surface area (Å²) in [6, 6.07) is 10.7.